The molecule has 3 N–H and O–H groups in total. The van der Waals surface area contributed by atoms with E-state index in [9.17, 15) is 18.7 Å². The number of carbonyl (C=O) groups excluding carboxylic acids is 1. The van der Waals surface area contributed by atoms with Crippen molar-refractivity contribution < 1.29 is 23.4 Å². The van der Waals surface area contributed by atoms with Gasteiger partial charge >= 0.3 is 6.61 Å². The van der Waals surface area contributed by atoms with E-state index in [2.05, 4.69) is 27.6 Å². The molecule has 200 valence electrons. The van der Waals surface area contributed by atoms with E-state index in [-0.39, 0.29) is 23.5 Å². The van der Waals surface area contributed by atoms with Gasteiger partial charge in [-0.05, 0) is 65.7 Å². The van der Waals surface area contributed by atoms with Gasteiger partial charge in [-0.3, -0.25) is 9.48 Å². The number of pyridine rings is 1. The minimum absolute atomic E-state index is 0.0512. The fourth-order valence-corrected chi connectivity index (χ4v) is 4.45. The number of alkyl halides is 2. The standard InChI is InChI=1S/C26H39F2N5O3/c1-7-25(5,6)31-20-13-19(36-24(27)28)18(14-29-20)22-17(4)21(32-33(22)8-2)23(34)30-15-26(35)11-9-16(3)10-12-26/h13-14,16,24,35H,7-12,15H2,1-6H3,(H,29,31)(H,30,34). The van der Waals surface area contributed by atoms with E-state index >= 15 is 0 Å². The second kappa shape index (κ2) is 11.1. The summed E-state index contributed by atoms with van der Waals surface area (Å²) >= 11 is 0. The Kier molecular flexibility index (Phi) is 8.59. The molecule has 10 heteroatoms. The third-order valence-corrected chi connectivity index (χ3v) is 7.17. The molecule has 1 aliphatic rings. The maximum atomic E-state index is 13.3. The van der Waals surface area contributed by atoms with Gasteiger partial charge in [0.2, 0.25) is 0 Å². The smallest absolute Gasteiger partial charge is 0.387 e. The highest BCUT2D eigenvalue weighted by Crippen LogP contribution is 2.36. The normalized spacial score (nSPS) is 20.4. The van der Waals surface area contributed by atoms with Gasteiger partial charge in [-0.15, -0.1) is 0 Å². The second-order valence-electron chi connectivity index (χ2n) is 10.5. The summed E-state index contributed by atoms with van der Waals surface area (Å²) < 4.78 is 33.1. The zero-order valence-corrected chi connectivity index (χ0v) is 22.1. The molecule has 0 atom stereocenters. The summed E-state index contributed by atoms with van der Waals surface area (Å²) in [7, 11) is 0. The molecule has 2 aromatic rings. The number of aliphatic hydroxyl groups is 1. The molecule has 2 heterocycles. The predicted octanol–water partition coefficient (Wildman–Crippen LogP) is 5.15. The molecule has 0 bridgehead atoms. The van der Waals surface area contributed by atoms with Crippen molar-refractivity contribution in [3.63, 3.8) is 0 Å². The molecule has 1 saturated carbocycles. The Hall–Kier alpha value is -2.75. The van der Waals surface area contributed by atoms with Crippen LogP contribution in [-0.4, -0.2) is 50.1 Å². The molecule has 0 unspecified atom stereocenters. The van der Waals surface area contributed by atoms with Crippen LogP contribution in [0.15, 0.2) is 12.3 Å². The Morgan fingerprint density at radius 1 is 1.33 bits per heavy atom. The first-order chi connectivity index (χ1) is 16.9. The Bertz CT molecular complexity index is 1060. The summed E-state index contributed by atoms with van der Waals surface area (Å²) in [4.78, 5) is 17.5. The van der Waals surface area contributed by atoms with Crippen LogP contribution in [0.4, 0.5) is 14.6 Å². The number of hydrogen-bond donors (Lipinski definition) is 3. The Morgan fingerprint density at radius 3 is 2.58 bits per heavy atom. The Morgan fingerprint density at radius 2 is 2.00 bits per heavy atom. The lowest BCUT2D eigenvalue weighted by Crippen LogP contribution is -2.45. The number of carbonyl (C=O) groups is 1. The maximum Gasteiger partial charge on any atom is 0.387 e. The molecule has 0 radical (unpaired) electrons. The molecule has 1 amide bonds. The quantitative estimate of drug-likeness (QED) is 0.411. The average molecular weight is 508 g/mol. The van der Waals surface area contributed by atoms with Crippen LogP contribution in [0.1, 0.15) is 82.8 Å². The van der Waals surface area contributed by atoms with Gasteiger partial charge in [0.25, 0.3) is 5.91 Å². The van der Waals surface area contributed by atoms with Gasteiger partial charge in [0, 0.05) is 36.5 Å². The number of halogens is 2. The van der Waals surface area contributed by atoms with Crippen molar-refractivity contribution >= 4 is 11.7 Å². The molecule has 0 aromatic carbocycles. The Labute approximate surface area is 211 Å². The number of anilines is 1. The molecule has 1 aliphatic carbocycles. The molecule has 0 saturated heterocycles. The molecule has 0 aliphatic heterocycles. The molecule has 0 spiro atoms. The number of nitrogens with zero attached hydrogens (tertiary/aromatic N) is 3. The van der Waals surface area contributed by atoms with Crippen LogP contribution in [0.25, 0.3) is 11.3 Å². The van der Waals surface area contributed by atoms with Crippen molar-refractivity contribution in [1.29, 1.82) is 0 Å². The van der Waals surface area contributed by atoms with Gasteiger partial charge in [-0.25, -0.2) is 4.98 Å². The van der Waals surface area contributed by atoms with Crippen LogP contribution < -0.4 is 15.4 Å². The van der Waals surface area contributed by atoms with Crippen molar-refractivity contribution in [2.75, 3.05) is 11.9 Å². The lowest BCUT2D eigenvalue weighted by molar-refractivity contribution is -0.0494. The van der Waals surface area contributed by atoms with Crippen LogP contribution in [0.2, 0.25) is 0 Å². The van der Waals surface area contributed by atoms with Crippen LogP contribution >= 0.6 is 0 Å². The van der Waals surface area contributed by atoms with Crippen molar-refractivity contribution in [2.45, 2.75) is 97.9 Å². The number of amides is 1. The van der Waals surface area contributed by atoms with Gasteiger partial charge < -0.3 is 20.5 Å². The second-order valence-corrected chi connectivity index (χ2v) is 10.5. The summed E-state index contributed by atoms with van der Waals surface area (Å²) in [5.41, 5.74) is 0.289. The third kappa shape index (κ3) is 6.52. The van der Waals surface area contributed by atoms with Crippen molar-refractivity contribution in [3.8, 4) is 17.0 Å². The molecule has 36 heavy (non-hydrogen) atoms. The fraction of sp³-hybridized carbons (Fsp3) is 0.654. The van der Waals surface area contributed by atoms with Crippen molar-refractivity contribution in [1.82, 2.24) is 20.1 Å². The minimum atomic E-state index is -3.03. The van der Waals surface area contributed by atoms with E-state index < -0.39 is 18.1 Å². The van der Waals surface area contributed by atoms with E-state index in [1.807, 2.05) is 27.7 Å². The monoisotopic (exact) mass is 507 g/mol. The first-order valence-electron chi connectivity index (χ1n) is 12.7. The lowest BCUT2D eigenvalue weighted by Gasteiger charge is -2.34. The molecule has 1 fully saturated rings. The van der Waals surface area contributed by atoms with Gasteiger partial charge in [-0.2, -0.15) is 13.9 Å². The van der Waals surface area contributed by atoms with Gasteiger partial charge in [0.15, 0.2) is 5.69 Å². The van der Waals surface area contributed by atoms with E-state index in [4.69, 9.17) is 4.74 Å². The molecule has 8 nitrogen and oxygen atoms in total. The minimum Gasteiger partial charge on any atom is -0.434 e. The first kappa shape index (κ1) is 27.8. The van der Waals surface area contributed by atoms with Gasteiger partial charge in [0.1, 0.15) is 11.6 Å². The lowest BCUT2D eigenvalue weighted by atomic mass is 9.79. The topological polar surface area (TPSA) is 101 Å². The molecular formula is C26H39F2N5O3. The van der Waals surface area contributed by atoms with E-state index in [0.29, 0.717) is 47.9 Å². The summed E-state index contributed by atoms with van der Waals surface area (Å²) in [6.07, 6.45) is 5.38. The van der Waals surface area contributed by atoms with E-state index in [1.54, 1.807) is 11.6 Å². The highest BCUT2D eigenvalue weighted by atomic mass is 19.3. The number of ether oxygens (including phenoxy) is 1. The van der Waals surface area contributed by atoms with E-state index in [1.165, 1.54) is 12.3 Å². The highest BCUT2D eigenvalue weighted by molar-refractivity contribution is 5.95. The summed E-state index contributed by atoms with van der Waals surface area (Å²) in [6.45, 7) is 9.24. The van der Waals surface area contributed by atoms with Crippen LogP contribution in [-0.2, 0) is 6.54 Å². The van der Waals surface area contributed by atoms with Crippen LogP contribution in [0.5, 0.6) is 5.75 Å². The Balaban J connectivity index is 1.92. The number of hydrogen-bond acceptors (Lipinski definition) is 6. The molecule has 3 rings (SSSR count). The van der Waals surface area contributed by atoms with Crippen molar-refractivity contribution in [2.24, 2.45) is 5.92 Å². The molecule has 2 aromatic heterocycles. The number of aryl methyl sites for hydroxylation is 1. The van der Waals surface area contributed by atoms with Gasteiger partial charge in [0.05, 0.1) is 16.9 Å². The van der Waals surface area contributed by atoms with E-state index in [0.717, 1.165) is 19.3 Å². The fourth-order valence-electron chi connectivity index (χ4n) is 4.45. The SMILES string of the molecule is CCn1nc(C(=O)NCC2(O)CCC(C)CC2)c(C)c1-c1cnc(NC(C)(C)CC)cc1OC(F)F. The summed E-state index contributed by atoms with van der Waals surface area (Å²) in [5, 5.41) is 21.4. The summed E-state index contributed by atoms with van der Waals surface area (Å²) in [5.74, 6) is 0.512. The maximum absolute atomic E-state index is 13.3. The highest BCUT2D eigenvalue weighted by Gasteiger charge is 2.33. The number of aromatic nitrogens is 3. The largest absolute Gasteiger partial charge is 0.434 e. The van der Waals surface area contributed by atoms with Crippen molar-refractivity contribution in [3.05, 3.63) is 23.5 Å². The zero-order chi connectivity index (χ0) is 26.7. The van der Waals surface area contributed by atoms with Crippen LogP contribution in [0.3, 0.4) is 0 Å². The van der Waals surface area contributed by atoms with Crippen LogP contribution in [0, 0.1) is 12.8 Å². The predicted molar refractivity (Wildman–Crippen MR) is 135 cm³/mol. The van der Waals surface area contributed by atoms with Gasteiger partial charge in [-0.1, -0.05) is 13.8 Å². The number of nitrogens with one attached hydrogen (secondary N) is 2. The third-order valence-electron chi connectivity index (χ3n) is 7.17. The summed E-state index contributed by atoms with van der Waals surface area (Å²) in [6, 6.07) is 1.45. The first-order valence-corrected chi connectivity index (χ1v) is 12.7. The average Bonchev–Trinajstić information content (AvgIpc) is 3.15. The zero-order valence-electron chi connectivity index (χ0n) is 22.1. The number of rotatable bonds is 10. The molecular weight excluding hydrogens is 468 g/mol.